The van der Waals surface area contributed by atoms with E-state index in [4.69, 9.17) is 26.2 Å². The summed E-state index contributed by atoms with van der Waals surface area (Å²) in [6.07, 6.45) is 4.83. The second kappa shape index (κ2) is 9.82. The summed E-state index contributed by atoms with van der Waals surface area (Å²) in [5.41, 5.74) is 5.11. The van der Waals surface area contributed by atoms with Gasteiger partial charge >= 0.3 is 8.60 Å². The Kier molecular flexibility index (Phi) is 7.42. The highest BCUT2D eigenvalue weighted by Gasteiger charge is 2.20. The molecule has 9 nitrogen and oxygen atoms in total. The maximum Gasteiger partial charge on any atom is 0.327 e. The van der Waals surface area contributed by atoms with Gasteiger partial charge in [0.05, 0.1) is 24.5 Å². The van der Waals surface area contributed by atoms with Gasteiger partial charge in [-0.3, -0.25) is 9.63 Å². The normalized spacial score (nSPS) is 11.2. The Bertz CT molecular complexity index is 1030. The summed E-state index contributed by atoms with van der Waals surface area (Å²) in [4.78, 5) is 39.3. The Hall–Kier alpha value is -1.78. The molecule has 0 unspecified atom stereocenters. The van der Waals surface area contributed by atoms with Crippen molar-refractivity contribution in [3.05, 3.63) is 57.4 Å². The smallest absolute Gasteiger partial charge is 0.327 e. The van der Waals surface area contributed by atoms with Crippen LogP contribution in [0.25, 0.3) is 5.65 Å². The first-order valence-electron chi connectivity index (χ1n) is 8.28. The zero-order valence-corrected chi connectivity index (χ0v) is 18.3. The van der Waals surface area contributed by atoms with Gasteiger partial charge in [0, 0.05) is 28.8 Å². The molecule has 1 aromatic carbocycles. The van der Waals surface area contributed by atoms with Crippen LogP contribution >= 0.6 is 36.1 Å². The number of carbonyl (C=O) groups is 1. The van der Waals surface area contributed by atoms with Crippen LogP contribution in [0, 0.1) is 6.92 Å². The average molecular weight is 504 g/mol. The number of amides is 1. The number of rotatable bonds is 8. The summed E-state index contributed by atoms with van der Waals surface area (Å²) < 4.78 is 7.13. The Morgan fingerprint density at radius 1 is 1.38 bits per heavy atom. The molecule has 0 radical (unpaired) electrons. The maximum absolute atomic E-state index is 12.7. The minimum Gasteiger partial charge on any atom is -0.353 e. The number of hydroxylamine groups is 1. The van der Waals surface area contributed by atoms with Gasteiger partial charge in [-0.1, -0.05) is 27.5 Å². The van der Waals surface area contributed by atoms with Crippen molar-refractivity contribution in [1.82, 2.24) is 14.9 Å². The van der Waals surface area contributed by atoms with Gasteiger partial charge in [0.2, 0.25) is 0 Å². The second-order valence-electron chi connectivity index (χ2n) is 5.84. The predicted octanol–water partition coefficient (Wildman–Crippen LogP) is 3.69. The standard InChI is InChI=1S/C17H17BrClN4O5P/c1-10-8-11(18)2-3-13(10)21-15-12(9-23-5-4-20-16(23)14(15)19)17(24)22-27-6-7-28-29(25)26/h2-5,8-9,21,25-26H,6-7H2,1H3,(H,22,24). The number of imidazole rings is 1. The topological polar surface area (TPSA) is 117 Å². The number of fused-ring (bicyclic) bond motifs is 1. The van der Waals surface area contributed by atoms with Gasteiger partial charge in [0.25, 0.3) is 5.91 Å². The van der Waals surface area contributed by atoms with E-state index in [9.17, 15) is 4.79 Å². The summed E-state index contributed by atoms with van der Waals surface area (Å²) in [6, 6.07) is 5.67. The molecule has 0 aliphatic heterocycles. The zero-order chi connectivity index (χ0) is 21.0. The van der Waals surface area contributed by atoms with E-state index in [1.165, 1.54) is 0 Å². The monoisotopic (exact) mass is 502 g/mol. The fourth-order valence-corrected chi connectivity index (χ4v) is 3.56. The van der Waals surface area contributed by atoms with E-state index in [0.29, 0.717) is 11.3 Å². The largest absolute Gasteiger partial charge is 0.353 e. The molecule has 0 atom stereocenters. The number of nitrogens with one attached hydrogen (secondary N) is 2. The van der Waals surface area contributed by atoms with Gasteiger partial charge in [-0.25, -0.2) is 10.5 Å². The lowest BCUT2D eigenvalue weighted by atomic mass is 10.1. The van der Waals surface area contributed by atoms with Crippen LogP contribution in [0.15, 0.2) is 41.3 Å². The van der Waals surface area contributed by atoms with Crippen molar-refractivity contribution < 1.29 is 23.9 Å². The first-order chi connectivity index (χ1) is 13.9. The Labute approximate surface area is 180 Å². The van der Waals surface area contributed by atoms with Crippen LogP contribution in [0.2, 0.25) is 5.02 Å². The average Bonchev–Trinajstić information content (AvgIpc) is 3.14. The van der Waals surface area contributed by atoms with E-state index in [2.05, 4.69) is 36.2 Å². The third-order valence-corrected chi connectivity index (χ3v) is 5.14. The molecule has 29 heavy (non-hydrogen) atoms. The number of nitrogens with zero attached hydrogens (tertiary/aromatic N) is 2. The van der Waals surface area contributed by atoms with Gasteiger partial charge in [0.15, 0.2) is 5.65 Å². The van der Waals surface area contributed by atoms with Crippen molar-refractivity contribution in [3.8, 4) is 0 Å². The molecule has 3 rings (SSSR count). The van der Waals surface area contributed by atoms with Gasteiger partial charge < -0.3 is 24.0 Å². The lowest BCUT2D eigenvalue weighted by Crippen LogP contribution is -2.26. The van der Waals surface area contributed by atoms with E-state index in [0.717, 1.165) is 15.7 Å². The molecule has 3 aromatic rings. The number of aryl methyl sites for hydroxylation is 1. The molecule has 0 aliphatic carbocycles. The van der Waals surface area contributed by atoms with Crippen LogP contribution in [0.4, 0.5) is 11.4 Å². The Morgan fingerprint density at radius 2 is 2.17 bits per heavy atom. The van der Waals surface area contributed by atoms with Crippen molar-refractivity contribution in [2.45, 2.75) is 6.92 Å². The Balaban J connectivity index is 1.87. The van der Waals surface area contributed by atoms with Crippen LogP contribution in [-0.2, 0) is 9.36 Å². The van der Waals surface area contributed by atoms with E-state index in [-0.39, 0.29) is 23.8 Å². The molecule has 0 saturated carbocycles. The number of aromatic nitrogens is 2. The van der Waals surface area contributed by atoms with Crippen molar-refractivity contribution in [1.29, 1.82) is 0 Å². The van der Waals surface area contributed by atoms with Crippen LogP contribution in [0.1, 0.15) is 15.9 Å². The van der Waals surface area contributed by atoms with Crippen molar-refractivity contribution >= 4 is 59.1 Å². The predicted molar refractivity (Wildman–Crippen MR) is 113 cm³/mol. The van der Waals surface area contributed by atoms with Crippen LogP contribution in [0.3, 0.4) is 0 Å². The number of hydrogen-bond acceptors (Lipinski definition) is 7. The fourth-order valence-electron chi connectivity index (χ4n) is 2.55. The van der Waals surface area contributed by atoms with Crippen molar-refractivity contribution in [2.75, 3.05) is 18.5 Å². The molecule has 2 aromatic heterocycles. The number of anilines is 2. The number of halogens is 2. The van der Waals surface area contributed by atoms with Crippen molar-refractivity contribution in [2.24, 2.45) is 0 Å². The van der Waals surface area contributed by atoms with Gasteiger partial charge in [-0.05, 0) is 30.7 Å². The number of carbonyl (C=O) groups excluding carboxylic acids is 1. The van der Waals surface area contributed by atoms with Gasteiger partial charge in [-0.2, -0.15) is 0 Å². The summed E-state index contributed by atoms with van der Waals surface area (Å²) in [5, 5.41) is 3.48. The maximum atomic E-state index is 12.7. The summed E-state index contributed by atoms with van der Waals surface area (Å²) in [6.45, 7) is 1.76. The highest BCUT2D eigenvalue weighted by Crippen LogP contribution is 2.34. The summed E-state index contributed by atoms with van der Waals surface area (Å²) in [7, 11) is -2.47. The van der Waals surface area contributed by atoms with Crippen molar-refractivity contribution in [3.63, 3.8) is 0 Å². The lowest BCUT2D eigenvalue weighted by Gasteiger charge is -2.16. The molecular formula is C17H17BrClN4O5P. The molecule has 0 fully saturated rings. The molecule has 0 aliphatic rings. The number of pyridine rings is 1. The quantitative estimate of drug-likeness (QED) is 0.210. The van der Waals surface area contributed by atoms with Crippen LogP contribution < -0.4 is 10.8 Å². The molecule has 0 saturated heterocycles. The minimum absolute atomic E-state index is 0.0681. The SMILES string of the molecule is Cc1cc(Br)ccc1Nc1c(C(=O)NOCCOP(O)O)cn2ccnc2c1Cl. The van der Waals surface area contributed by atoms with Crippen LogP contribution in [-0.4, -0.2) is 38.3 Å². The first kappa shape index (κ1) is 21.9. The van der Waals surface area contributed by atoms with E-state index in [1.54, 1.807) is 23.0 Å². The van der Waals surface area contributed by atoms with Gasteiger partial charge in [-0.15, -0.1) is 0 Å². The third-order valence-electron chi connectivity index (χ3n) is 3.87. The molecule has 2 heterocycles. The molecular weight excluding hydrogens is 487 g/mol. The van der Waals surface area contributed by atoms with E-state index < -0.39 is 14.5 Å². The fraction of sp³-hybridized carbons (Fsp3) is 0.176. The molecule has 1 amide bonds. The lowest BCUT2D eigenvalue weighted by molar-refractivity contribution is 0.0188. The third kappa shape index (κ3) is 5.43. The summed E-state index contributed by atoms with van der Waals surface area (Å²) >= 11 is 9.96. The molecule has 0 bridgehead atoms. The highest BCUT2D eigenvalue weighted by atomic mass is 79.9. The molecule has 154 valence electrons. The minimum atomic E-state index is -2.47. The molecule has 4 N–H and O–H groups in total. The molecule has 0 spiro atoms. The van der Waals surface area contributed by atoms with E-state index in [1.807, 2.05) is 25.1 Å². The van der Waals surface area contributed by atoms with Crippen LogP contribution in [0.5, 0.6) is 0 Å². The zero-order valence-electron chi connectivity index (χ0n) is 15.1. The Morgan fingerprint density at radius 3 is 2.90 bits per heavy atom. The number of benzene rings is 1. The first-order valence-corrected chi connectivity index (χ1v) is 10.6. The number of hydrogen-bond donors (Lipinski definition) is 4. The molecule has 12 heteroatoms. The van der Waals surface area contributed by atoms with Gasteiger partial charge in [0.1, 0.15) is 5.02 Å². The summed E-state index contributed by atoms with van der Waals surface area (Å²) in [5.74, 6) is -0.546. The highest BCUT2D eigenvalue weighted by molar-refractivity contribution is 9.10. The second-order valence-corrected chi connectivity index (χ2v) is 7.90. The van der Waals surface area contributed by atoms with E-state index >= 15 is 0 Å².